The van der Waals surface area contributed by atoms with E-state index in [1.807, 2.05) is 6.07 Å². The summed E-state index contributed by atoms with van der Waals surface area (Å²) in [5.41, 5.74) is -2.41. The number of carbonyl (C=O) groups excluding carboxylic acids is 4. The molecule has 4 aliphatic heterocycles. The fraction of sp³-hybridized carbons (Fsp3) is 0.457. The molecule has 3 aromatic carbocycles. The molecule has 9 N–H and O–H groups in total. The van der Waals surface area contributed by atoms with Gasteiger partial charge in [0, 0.05) is 59.8 Å². The summed E-state index contributed by atoms with van der Waals surface area (Å²) >= 11 is 0. The normalized spacial score (nSPS) is 28.6. The topological polar surface area (TPSA) is 292 Å². The number of aliphatic hydroxyl groups is 6. The van der Waals surface area contributed by atoms with Crippen LogP contribution in [0.2, 0.25) is 0 Å². The standard InChI is InChI=1S/C46H49N5O14/c47-44-49-41-33(42(60)50-44)48-22-51(41)31-7-3-2-6-26(31)25-11-17-63-45(12-4-1-5-13-45)40-36(58)39(59)46(61,14-16-53)43(65-40)64-37-29(25)19-30-32(38(37)62-21-24(55)10-15-52)35(57)28-18-23(20-54)8-9-27(28)34(30)56/h2-3,6-9,15,18-19,24-25,36,39-40,43,53-55,58-59,61H,1,4-5,10-14,16-17,20-22H2,(H2,47,50,60)/p+1. The Balaban J connectivity index is 1.32. The van der Waals surface area contributed by atoms with Gasteiger partial charge in [0.05, 0.1) is 23.9 Å². The smallest absolute Gasteiger partial charge is 0.284 e. The maximum absolute atomic E-state index is 14.9. The molecule has 65 heavy (non-hydrogen) atoms. The zero-order valence-corrected chi connectivity index (χ0v) is 35.2. The first-order valence-corrected chi connectivity index (χ1v) is 21.8. The molecule has 2 fully saturated rings. The van der Waals surface area contributed by atoms with E-state index in [9.17, 15) is 49.8 Å². The maximum Gasteiger partial charge on any atom is 0.284 e. The molecule has 4 heterocycles. The minimum absolute atomic E-state index is 0.0112. The third-order valence-corrected chi connectivity index (χ3v) is 13.5. The van der Waals surface area contributed by atoms with E-state index in [1.165, 1.54) is 24.3 Å². The van der Waals surface area contributed by atoms with Crippen LogP contribution in [0.25, 0.3) is 0 Å². The van der Waals surface area contributed by atoms with Gasteiger partial charge in [-0.1, -0.05) is 43.5 Å². The van der Waals surface area contributed by atoms with Crippen molar-refractivity contribution in [2.24, 2.45) is 9.98 Å². The van der Waals surface area contributed by atoms with E-state index in [1.54, 1.807) is 18.2 Å². The number of aliphatic imine (C=N–C) groups is 2. The molecule has 1 saturated carbocycles. The number of rotatable bonds is 10. The highest BCUT2D eigenvalue weighted by atomic mass is 16.7. The van der Waals surface area contributed by atoms with Gasteiger partial charge in [0.2, 0.25) is 18.0 Å². The van der Waals surface area contributed by atoms with Crippen LogP contribution < -0.4 is 19.7 Å². The number of amides is 1. The SMILES string of the molecule is N=C1N=C2C(=NC[NH+]2c2ccccc2C2CCOC3(CCCCC3)C3OC(Oc4c2cc2c(c4OCC(O)CC=O)C(=O)c4cc(CO)ccc4C2=O)C(O)(CCO)C(O)C3O)C(=O)N1. The molecule has 2 aliphatic carbocycles. The number of ketones is 2. The lowest BCUT2D eigenvalue weighted by Gasteiger charge is -2.53. The third-order valence-electron chi connectivity index (χ3n) is 13.5. The van der Waals surface area contributed by atoms with E-state index >= 15 is 0 Å². The molecule has 0 radical (unpaired) electrons. The summed E-state index contributed by atoms with van der Waals surface area (Å²) in [5.74, 6) is -3.56. The van der Waals surface area contributed by atoms with Crippen molar-refractivity contribution in [2.75, 3.05) is 26.5 Å². The molecule has 8 atom stereocenters. The van der Waals surface area contributed by atoms with Gasteiger partial charge in [-0.25, -0.2) is 9.89 Å². The molecular weight excluding hydrogens is 847 g/mol. The van der Waals surface area contributed by atoms with E-state index < -0.39 is 91.5 Å². The van der Waals surface area contributed by atoms with Crippen molar-refractivity contribution >= 4 is 47.0 Å². The van der Waals surface area contributed by atoms with Crippen molar-refractivity contribution in [2.45, 2.75) is 106 Å². The largest absolute Gasteiger partial charge is 0.486 e. The van der Waals surface area contributed by atoms with Gasteiger partial charge in [-0.3, -0.25) is 25.1 Å². The minimum atomic E-state index is -2.51. The van der Waals surface area contributed by atoms with Crippen molar-refractivity contribution in [3.05, 3.63) is 87.5 Å². The average molecular weight is 897 g/mol. The van der Waals surface area contributed by atoms with Crippen LogP contribution in [0.4, 0.5) is 5.69 Å². The van der Waals surface area contributed by atoms with E-state index in [4.69, 9.17) is 24.4 Å². The molecule has 342 valence electrons. The molecular formula is C46H50N5O14+. The van der Waals surface area contributed by atoms with Gasteiger partial charge >= 0.3 is 0 Å². The molecule has 1 amide bonds. The van der Waals surface area contributed by atoms with E-state index in [0.717, 1.165) is 6.42 Å². The van der Waals surface area contributed by atoms with Crippen LogP contribution in [0.1, 0.15) is 106 Å². The van der Waals surface area contributed by atoms with Gasteiger partial charge in [-0.05, 0) is 49.1 Å². The fourth-order valence-corrected chi connectivity index (χ4v) is 10.2. The van der Waals surface area contributed by atoms with Gasteiger partial charge in [0.25, 0.3) is 11.7 Å². The Kier molecular flexibility index (Phi) is 12.1. The Morgan fingerprint density at radius 2 is 1.78 bits per heavy atom. The second-order valence-electron chi connectivity index (χ2n) is 17.3. The number of nitrogens with one attached hydrogen (secondary N) is 3. The van der Waals surface area contributed by atoms with Crippen molar-refractivity contribution in [3.63, 3.8) is 0 Å². The summed E-state index contributed by atoms with van der Waals surface area (Å²) in [6, 6.07) is 13.0. The quantitative estimate of drug-likeness (QED) is 0.0938. The highest BCUT2D eigenvalue weighted by molar-refractivity contribution is 6.68. The predicted octanol–water partition coefficient (Wildman–Crippen LogP) is -0.131. The molecule has 6 aliphatic rings. The van der Waals surface area contributed by atoms with Crippen molar-refractivity contribution < 1.29 is 73.7 Å². The van der Waals surface area contributed by atoms with Gasteiger partial charge in [0.15, 0.2) is 35.3 Å². The lowest BCUT2D eigenvalue weighted by atomic mass is 9.73. The average Bonchev–Trinajstić information content (AvgIpc) is 3.72. The number of quaternary nitrogens is 1. The number of hydrogen-bond acceptors (Lipinski definition) is 16. The van der Waals surface area contributed by atoms with Crippen molar-refractivity contribution in [3.8, 4) is 11.5 Å². The lowest BCUT2D eigenvalue weighted by Crippen LogP contribution is -3.09. The molecule has 2 bridgehead atoms. The summed E-state index contributed by atoms with van der Waals surface area (Å²) < 4.78 is 26.7. The van der Waals surface area contributed by atoms with Crippen LogP contribution in [0.5, 0.6) is 11.5 Å². The summed E-state index contributed by atoms with van der Waals surface area (Å²) in [6.07, 6.45) is -5.56. The predicted molar refractivity (Wildman–Crippen MR) is 227 cm³/mol. The highest BCUT2D eigenvalue weighted by Crippen LogP contribution is 2.52. The van der Waals surface area contributed by atoms with Crippen molar-refractivity contribution in [1.82, 2.24) is 5.32 Å². The van der Waals surface area contributed by atoms with Crippen molar-refractivity contribution in [1.29, 1.82) is 5.41 Å². The third kappa shape index (κ3) is 7.59. The second kappa shape index (κ2) is 17.6. The van der Waals surface area contributed by atoms with Gasteiger partial charge in [-0.15, -0.1) is 0 Å². The number of nitrogens with zero attached hydrogens (tertiary/aromatic N) is 2. The molecule has 1 spiro atoms. The van der Waals surface area contributed by atoms with Gasteiger partial charge in [0.1, 0.15) is 36.9 Å². The number of amidine groups is 1. The number of guanidine groups is 1. The number of fused-ring (bicyclic) bond motifs is 7. The molecule has 9 rings (SSSR count). The maximum atomic E-state index is 14.9. The van der Waals surface area contributed by atoms with Crippen LogP contribution in [-0.4, -0.2) is 140 Å². The molecule has 19 nitrogen and oxygen atoms in total. The Morgan fingerprint density at radius 3 is 2.54 bits per heavy atom. The minimum Gasteiger partial charge on any atom is -0.486 e. The molecule has 8 unspecified atom stereocenters. The second-order valence-corrected chi connectivity index (χ2v) is 17.3. The first kappa shape index (κ1) is 44.6. The summed E-state index contributed by atoms with van der Waals surface area (Å²) in [5, 5.41) is 77.9. The molecule has 1 saturated heterocycles. The van der Waals surface area contributed by atoms with Crippen LogP contribution in [0, 0.1) is 5.41 Å². The van der Waals surface area contributed by atoms with E-state index in [2.05, 4.69) is 15.3 Å². The fourth-order valence-electron chi connectivity index (χ4n) is 10.2. The van der Waals surface area contributed by atoms with E-state index in [-0.39, 0.29) is 82.9 Å². The highest BCUT2D eigenvalue weighted by Gasteiger charge is 2.61. The summed E-state index contributed by atoms with van der Waals surface area (Å²) in [7, 11) is 0. The number of hydrogen-bond donors (Lipinski definition) is 9. The van der Waals surface area contributed by atoms with Crippen LogP contribution in [-0.2, 0) is 25.7 Å². The monoisotopic (exact) mass is 896 g/mol. The number of benzene rings is 3. The van der Waals surface area contributed by atoms with Crippen LogP contribution in [0.3, 0.4) is 0 Å². The zero-order valence-electron chi connectivity index (χ0n) is 35.2. The Labute approximate surface area is 371 Å². The summed E-state index contributed by atoms with van der Waals surface area (Å²) in [4.78, 5) is 63.5. The van der Waals surface area contributed by atoms with E-state index in [0.29, 0.717) is 53.7 Å². The molecule has 3 aromatic rings. The Morgan fingerprint density at radius 1 is 1.00 bits per heavy atom. The zero-order chi connectivity index (χ0) is 45.8. The molecule has 19 heteroatoms. The van der Waals surface area contributed by atoms with Gasteiger partial charge in [-0.2, -0.15) is 4.99 Å². The lowest BCUT2D eigenvalue weighted by molar-refractivity contribution is -0.723. The first-order chi connectivity index (χ1) is 31.3. The first-order valence-electron chi connectivity index (χ1n) is 21.8. The number of ether oxygens (including phenoxy) is 4. The summed E-state index contributed by atoms with van der Waals surface area (Å²) in [6.45, 7) is -1.71. The number of para-hydroxylation sites is 1. The number of carbonyl (C=O) groups is 4. The van der Waals surface area contributed by atoms with Gasteiger partial charge < -0.3 is 54.4 Å². The molecule has 0 aromatic heterocycles. The van der Waals surface area contributed by atoms with Crippen LogP contribution in [0.15, 0.2) is 58.5 Å². The number of aliphatic hydroxyl groups excluding tert-OH is 5. The Bertz CT molecular complexity index is 2520. The van der Waals surface area contributed by atoms with Crippen LogP contribution >= 0.6 is 0 Å². The number of aldehydes is 1. The Hall–Kier alpha value is -5.61.